The van der Waals surface area contributed by atoms with Crippen LogP contribution in [0.15, 0.2) is 71.5 Å². The van der Waals surface area contributed by atoms with Gasteiger partial charge in [0, 0.05) is 12.2 Å². The van der Waals surface area contributed by atoms with Crippen molar-refractivity contribution in [3.8, 4) is 5.75 Å². The van der Waals surface area contributed by atoms with E-state index in [1.165, 1.54) is 12.1 Å². The number of aromatic carboxylic acids is 1. The number of amides is 1. The van der Waals surface area contributed by atoms with Crippen LogP contribution < -0.4 is 15.6 Å². The summed E-state index contributed by atoms with van der Waals surface area (Å²) >= 11 is 0. The number of anilines is 1. The third kappa shape index (κ3) is 4.17. The minimum atomic E-state index is -1.18. The standard InChI is InChI=1S/C27H21N3O5/c1-35-19-9-6-16(7-10-19)14-17-12-13-30-24(17)29-23-15-18(8-11-22(23)26(30)32)28-25(31)20-4-2-3-5-21(20)27(33)34/h2-11,14-15H,12-13H2,1H3,(H,28,31)(H,33,34)/b17-14+. The van der Waals surface area contributed by atoms with Gasteiger partial charge in [0.25, 0.3) is 11.5 Å². The molecule has 0 saturated carbocycles. The van der Waals surface area contributed by atoms with Crippen molar-refractivity contribution in [2.24, 2.45) is 0 Å². The number of nitrogens with zero attached hydrogens (tertiary/aromatic N) is 2. The first kappa shape index (κ1) is 22.1. The largest absolute Gasteiger partial charge is 0.497 e. The van der Waals surface area contributed by atoms with Crippen LogP contribution in [0.25, 0.3) is 22.6 Å². The molecule has 0 aliphatic carbocycles. The number of carboxylic acid groups (broad SMARTS) is 1. The van der Waals surface area contributed by atoms with Crippen LogP contribution in [0, 0.1) is 0 Å². The van der Waals surface area contributed by atoms with Crippen molar-refractivity contribution in [1.29, 1.82) is 0 Å². The van der Waals surface area contributed by atoms with Crippen LogP contribution in [0.4, 0.5) is 5.69 Å². The van der Waals surface area contributed by atoms with E-state index in [0.29, 0.717) is 35.4 Å². The van der Waals surface area contributed by atoms with Gasteiger partial charge in [-0.25, -0.2) is 9.78 Å². The van der Waals surface area contributed by atoms with Gasteiger partial charge in [0.15, 0.2) is 0 Å². The first-order valence-electron chi connectivity index (χ1n) is 11.0. The van der Waals surface area contributed by atoms with E-state index in [1.54, 1.807) is 42.0 Å². The van der Waals surface area contributed by atoms with Gasteiger partial charge in [0.2, 0.25) is 0 Å². The molecule has 5 rings (SSSR count). The van der Waals surface area contributed by atoms with Crippen LogP contribution >= 0.6 is 0 Å². The lowest BCUT2D eigenvalue weighted by Gasteiger charge is -2.10. The van der Waals surface area contributed by atoms with E-state index < -0.39 is 11.9 Å². The lowest BCUT2D eigenvalue weighted by Crippen LogP contribution is -2.21. The number of ether oxygens (including phenoxy) is 1. The summed E-state index contributed by atoms with van der Waals surface area (Å²) in [5.74, 6) is -0.381. The van der Waals surface area contributed by atoms with Crippen molar-refractivity contribution < 1.29 is 19.4 Å². The van der Waals surface area contributed by atoms with Gasteiger partial charge < -0.3 is 15.2 Å². The fourth-order valence-electron chi connectivity index (χ4n) is 4.20. The van der Waals surface area contributed by atoms with Crippen LogP contribution in [-0.2, 0) is 6.54 Å². The maximum absolute atomic E-state index is 13.1. The molecule has 0 fully saturated rings. The maximum Gasteiger partial charge on any atom is 0.336 e. The summed E-state index contributed by atoms with van der Waals surface area (Å²) < 4.78 is 6.87. The predicted octanol–water partition coefficient (Wildman–Crippen LogP) is 4.30. The van der Waals surface area contributed by atoms with Crippen molar-refractivity contribution in [2.75, 3.05) is 12.4 Å². The second-order valence-electron chi connectivity index (χ2n) is 8.12. The molecule has 8 heteroatoms. The zero-order chi connectivity index (χ0) is 24.5. The number of benzene rings is 3. The molecule has 0 atom stereocenters. The lowest BCUT2D eigenvalue weighted by atomic mass is 10.1. The number of hydrogen-bond donors (Lipinski definition) is 2. The number of carbonyl (C=O) groups is 2. The minimum absolute atomic E-state index is 0.0480. The normalized spacial score (nSPS) is 13.6. The number of hydrogen-bond acceptors (Lipinski definition) is 5. The molecular weight excluding hydrogens is 446 g/mol. The van der Waals surface area contributed by atoms with Gasteiger partial charge in [0.05, 0.1) is 29.1 Å². The fourth-order valence-corrected chi connectivity index (χ4v) is 4.20. The number of rotatable bonds is 5. The zero-order valence-electron chi connectivity index (χ0n) is 18.8. The third-order valence-corrected chi connectivity index (χ3v) is 5.96. The van der Waals surface area contributed by atoms with E-state index in [4.69, 9.17) is 9.72 Å². The van der Waals surface area contributed by atoms with Crippen LogP contribution in [0.2, 0.25) is 0 Å². The summed E-state index contributed by atoms with van der Waals surface area (Å²) in [6, 6.07) is 18.5. The summed E-state index contributed by atoms with van der Waals surface area (Å²) in [5.41, 5.74) is 2.60. The molecule has 2 N–H and O–H groups in total. The Bertz CT molecular complexity index is 1570. The summed E-state index contributed by atoms with van der Waals surface area (Å²) in [5, 5.41) is 12.5. The van der Waals surface area contributed by atoms with E-state index in [2.05, 4.69) is 5.32 Å². The molecule has 0 saturated heterocycles. The number of nitrogens with one attached hydrogen (secondary N) is 1. The van der Waals surface area contributed by atoms with Gasteiger partial charge in [-0.1, -0.05) is 24.3 Å². The molecule has 3 aromatic carbocycles. The van der Waals surface area contributed by atoms with Crippen LogP contribution in [0.3, 0.4) is 0 Å². The number of methoxy groups -OCH3 is 1. The molecule has 1 aliphatic heterocycles. The number of allylic oxidation sites excluding steroid dienone is 1. The van der Waals surface area contributed by atoms with Crippen molar-refractivity contribution in [1.82, 2.24) is 9.55 Å². The molecule has 0 radical (unpaired) electrons. The summed E-state index contributed by atoms with van der Waals surface area (Å²) in [4.78, 5) is 42.0. The first-order chi connectivity index (χ1) is 16.9. The van der Waals surface area contributed by atoms with E-state index in [0.717, 1.165) is 16.9 Å². The molecule has 4 aromatic rings. The van der Waals surface area contributed by atoms with Crippen LogP contribution in [0.5, 0.6) is 5.75 Å². The van der Waals surface area contributed by atoms with E-state index in [1.807, 2.05) is 30.3 Å². The highest BCUT2D eigenvalue weighted by atomic mass is 16.5. The fraction of sp³-hybridized carbons (Fsp3) is 0.111. The number of fused-ring (bicyclic) bond motifs is 2. The van der Waals surface area contributed by atoms with Gasteiger partial charge in [-0.05, 0) is 66.1 Å². The molecule has 0 unspecified atom stereocenters. The average molecular weight is 467 g/mol. The smallest absolute Gasteiger partial charge is 0.336 e. The Balaban J connectivity index is 1.50. The SMILES string of the molecule is COc1ccc(/C=C2\CCn3c2nc2cc(NC(=O)c4ccccc4C(=O)O)ccc2c3=O)cc1. The second kappa shape index (κ2) is 8.90. The molecule has 0 bridgehead atoms. The van der Waals surface area contributed by atoms with Crippen molar-refractivity contribution in [2.45, 2.75) is 13.0 Å². The summed E-state index contributed by atoms with van der Waals surface area (Å²) in [6.07, 6.45) is 2.69. The lowest BCUT2D eigenvalue weighted by molar-refractivity contribution is 0.0692. The highest BCUT2D eigenvalue weighted by molar-refractivity contribution is 6.11. The van der Waals surface area contributed by atoms with E-state index in [9.17, 15) is 19.5 Å². The van der Waals surface area contributed by atoms with E-state index in [-0.39, 0.29) is 16.7 Å². The Morgan fingerprint density at radius 2 is 1.80 bits per heavy atom. The minimum Gasteiger partial charge on any atom is -0.497 e. The quantitative estimate of drug-likeness (QED) is 0.453. The van der Waals surface area contributed by atoms with Crippen molar-refractivity contribution >= 4 is 40.1 Å². The zero-order valence-corrected chi connectivity index (χ0v) is 18.8. The average Bonchev–Trinajstić information content (AvgIpc) is 3.27. The Morgan fingerprint density at radius 1 is 1.06 bits per heavy atom. The Labute approximate surface area is 200 Å². The van der Waals surface area contributed by atoms with E-state index >= 15 is 0 Å². The van der Waals surface area contributed by atoms with Gasteiger partial charge in [-0.3, -0.25) is 14.2 Å². The van der Waals surface area contributed by atoms with Crippen molar-refractivity contribution in [3.05, 3.63) is 99.6 Å². The monoisotopic (exact) mass is 467 g/mol. The molecule has 35 heavy (non-hydrogen) atoms. The third-order valence-electron chi connectivity index (χ3n) is 5.96. The van der Waals surface area contributed by atoms with Gasteiger partial charge in [-0.15, -0.1) is 0 Å². The van der Waals surface area contributed by atoms with Crippen molar-refractivity contribution in [3.63, 3.8) is 0 Å². The van der Waals surface area contributed by atoms with Gasteiger partial charge >= 0.3 is 5.97 Å². The van der Waals surface area contributed by atoms with Gasteiger partial charge in [0.1, 0.15) is 11.6 Å². The van der Waals surface area contributed by atoms with Crippen LogP contribution in [-0.4, -0.2) is 33.6 Å². The highest BCUT2D eigenvalue weighted by Gasteiger charge is 2.21. The Morgan fingerprint density at radius 3 is 2.51 bits per heavy atom. The molecule has 8 nitrogen and oxygen atoms in total. The maximum atomic E-state index is 13.1. The molecule has 0 spiro atoms. The van der Waals surface area contributed by atoms with Crippen LogP contribution in [0.1, 0.15) is 38.5 Å². The molecule has 174 valence electrons. The number of carboxylic acids is 1. The molecule has 2 heterocycles. The van der Waals surface area contributed by atoms with Gasteiger partial charge in [-0.2, -0.15) is 0 Å². The molecule has 1 aliphatic rings. The topological polar surface area (TPSA) is 111 Å². The number of aromatic nitrogens is 2. The second-order valence-corrected chi connectivity index (χ2v) is 8.12. The molecule has 1 aromatic heterocycles. The molecule has 1 amide bonds. The summed E-state index contributed by atoms with van der Waals surface area (Å²) in [6.45, 7) is 0.545. The first-order valence-corrected chi connectivity index (χ1v) is 11.0. The number of carbonyl (C=O) groups excluding carboxylic acids is 1. The highest BCUT2D eigenvalue weighted by Crippen LogP contribution is 2.28. The predicted molar refractivity (Wildman–Crippen MR) is 133 cm³/mol. The molecular formula is C27H21N3O5. The Kier molecular flexibility index (Phi) is 5.62. The Hall–Kier alpha value is -4.72. The summed E-state index contributed by atoms with van der Waals surface area (Å²) in [7, 11) is 1.61.